The summed E-state index contributed by atoms with van der Waals surface area (Å²) in [5.41, 5.74) is -3.70. The minimum absolute atomic E-state index is 0.0283. The van der Waals surface area contributed by atoms with E-state index in [4.69, 9.17) is 0 Å². The van der Waals surface area contributed by atoms with E-state index in [1.165, 1.54) is 4.90 Å². The Morgan fingerprint density at radius 3 is 1.78 bits per heavy atom. The van der Waals surface area contributed by atoms with Gasteiger partial charge in [0.05, 0.1) is 11.1 Å². The molecule has 0 saturated carbocycles. The van der Waals surface area contributed by atoms with E-state index >= 15 is 0 Å². The first kappa shape index (κ1) is 21.5. The highest BCUT2D eigenvalue weighted by molar-refractivity contribution is 5.94. The van der Waals surface area contributed by atoms with E-state index in [-0.39, 0.29) is 24.7 Å². The van der Waals surface area contributed by atoms with Crippen LogP contribution < -0.4 is 0 Å². The van der Waals surface area contributed by atoms with Crippen LogP contribution in [0.15, 0.2) is 18.2 Å². The smallest absolute Gasteiger partial charge is 0.337 e. The molecule has 1 aliphatic rings. The van der Waals surface area contributed by atoms with Crippen molar-refractivity contribution >= 4 is 5.91 Å². The molecule has 1 saturated heterocycles. The molecule has 0 unspecified atom stereocenters. The van der Waals surface area contributed by atoms with Crippen LogP contribution >= 0.6 is 0 Å². The third kappa shape index (κ3) is 5.37. The molecular formula is C18H22F6N2O. The summed E-state index contributed by atoms with van der Waals surface area (Å²) in [5.74, 6) is -0.817. The van der Waals surface area contributed by atoms with E-state index in [2.05, 4.69) is 4.90 Å². The highest BCUT2D eigenvalue weighted by Crippen LogP contribution is 2.36. The summed E-state index contributed by atoms with van der Waals surface area (Å²) in [6.07, 6.45) is -9.36. The summed E-state index contributed by atoms with van der Waals surface area (Å²) >= 11 is 0. The second-order valence-corrected chi connectivity index (χ2v) is 7.60. The van der Waals surface area contributed by atoms with Crippen molar-refractivity contribution in [3.8, 4) is 0 Å². The minimum Gasteiger partial charge on any atom is -0.337 e. The standard InChI is InChI=1S/C18H22F6N2O/c1-16(2,3)26-6-4-5-25(7-8-26)15(27)12-9-13(17(19,20)21)11-14(10-12)18(22,23)24/h9-11H,4-8H2,1-3H3. The number of hydrogen-bond acceptors (Lipinski definition) is 2. The summed E-state index contributed by atoms with van der Waals surface area (Å²) in [6, 6.07) is 1.01. The Morgan fingerprint density at radius 1 is 0.815 bits per heavy atom. The van der Waals surface area contributed by atoms with Crippen molar-refractivity contribution in [2.75, 3.05) is 26.2 Å². The lowest BCUT2D eigenvalue weighted by Crippen LogP contribution is -2.44. The third-order valence-corrected chi connectivity index (χ3v) is 4.57. The van der Waals surface area contributed by atoms with Crippen LogP contribution in [0.1, 0.15) is 48.7 Å². The van der Waals surface area contributed by atoms with Crippen molar-refractivity contribution in [2.24, 2.45) is 0 Å². The molecule has 0 aromatic heterocycles. The van der Waals surface area contributed by atoms with E-state index in [1.807, 2.05) is 20.8 Å². The number of halogens is 6. The average molecular weight is 396 g/mol. The van der Waals surface area contributed by atoms with Gasteiger partial charge in [-0.1, -0.05) is 0 Å². The summed E-state index contributed by atoms with van der Waals surface area (Å²) in [6.45, 7) is 7.74. The maximum atomic E-state index is 13.0. The maximum Gasteiger partial charge on any atom is 0.416 e. The van der Waals surface area contributed by atoms with Crippen molar-refractivity contribution in [3.05, 3.63) is 34.9 Å². The van der Waals surface area contributed by atoms with Gasteiger partial charge in [0.25, 0.3) is 5.91 Å². The Bertz CT molecular complexity index is 658. The molecule has 9 heteroatoms. The van der Waals surface area contributed by atoms with E-state index in [0.717, 1.165) is 0 Å². The van der Waals surface area contributed by atoms with Gasteiger partial charge in [0, 0.05) is 37.3 Å². The Kier molecular flexibility index (Phi) is 5.85. The molecule has 0 radical (unpaired) electrons. The second-order valence-electron chi connectivity index (χ2n) is 7.60. The second kappa shape index (κ2) is 7.33. The first-order chi connectivity index (χ1) is 12.2. The van der Waals surface area contributed by atoms with Crippen LogP contribution in [0.25, 0.3) is 0 Å². The number of alkyl halides is 6. The number of carbonyl (C=O) groups is 1. The highest BCUT2D eigenvalue weighted by Gasteiger charge is 2.38. The zero-order valence-corrected chi connectivity index (χ0v) is 15.3. The predicted octanol–water partition coefficient (Wildman–Crippen LogP) is 4.67. The molecule has 27 heavy (non-hydrogen) atoms. The van der Waals surface area contributed by atoms with Crippen LogP contribution in [0.4, 0.5) is 26.3 Å². The number of hydrogen-bond donors (Lipinski definition) is 0. The van der Waals surface area contributed by atoms with Gasteiger partial charge in [-0.3, -0.25) is 9.69 Å². The van der Waals surface area contributed by atoms with E-state index < -0.39 is 35.0 Å². The molecule has 1 aromatic rings. The molecular weight excluding hydrogens is 374 g/mol. The van der Waals surface area contributed by atoms with Gasteiger partial charge in [0.2, 0.25) is 0 Å². The van der Waals surface area contributed by atoms with E-state index in [0.29, 0.717) is 31.6 Å². The van der Waals surface area contributed by atoms with Gasteiger partial charge in [-0.2, -0.15) is 26.3 Å². The maximum absolute atomic E-state index is 13.0. The first-order valence-corrected chi connectivity index (χ1v) is 8.53. The monoisotopic (exact) mass is 396 g/mol. The molecule has 1 fully saturated rings. The lowest BCUT2D eigenvalue weighted by Gasteiger charge is -2.34. The van der Waals surface area contributed by atoms with Gasteiger partial charge in [-0.05, 0) is 45.4 Å². The van der Waals surface area contributed by atoms with Crippen LogP contribution in [0.2, 0.25) is 0 Å². The number of nitrogens with zero attached hydrogens (tertiary/aromatic N) is 2. The lowest BCUT2D eigenvalue weighted by atomic mass is 10.0. The Hall–Kier alpha value is -1.77. The van der Waals surface area contributed by atoms with Crippen LogP contribution in [0.3, 0.4) is 0 Å². The zero-order chi connectivity index (χ0) is 20.6. The molecule has 0 aliphatic carbocycles. The Labute approximate surface area is 153 Å². The highest BCUT2D eigenvalue weighted by atomic mass is 19.4. The summed E-state index contributed by atoms with van der Waals surface area (Å²) in [4.78, 5) is 16.1. The summed E-state index contributed by atoms with van der Waals surface area (Å²) in [5, 5.41) is 0. The molecule has 1 aliphatic heterocycles. The van der Waals surface area contributed by atoms with Gasteiger partial charge in [0.15, 0.2) is 0 Å². The summed E-state index contributed by atoms with van der Waals surface area (Å²) in [7, 11) is 0. The number of rotatable bonds is 1. The molecule has 0 N–H and O–H groups in total. The SMILES string of the molecule is CC(C)(C)N1CCCN(C(=O)c2cc(C(F)(F)F)cc(C(F)(F)F)c2)CC1. The fourth-order valence-corrected chi connectivity index (χ4v) is 3.05. The van der Waals surface area contributed by atoms with Crippen molar-refractivity contribution in [1.82, 2.24) is 9.80 Å². The topological polar surface area (TPSA) is 23.6 Å². The molecule has 1 heterocycles. The van der Waals surface area contributed by atoms with Gasteiger partial charge in [-0.15, -0.1) is 0 Å². The van der Waals surface area contributed by atoms with Gasteiger partial charge >= 0.3 is 12.4 Å². The van der Waals surface area contributed by atoms with Gasteiger partial charge in [0.1, 0.15) is 0 Å². The van der Waals surface area contributed by atoms with Gasteiger partial charge in [-0.25, -0.2) is 0 Å². The molecule has 0 atom stereocenters. The first-order valence-electron chi connectivity index (χ1n) is 8.53. The van der Waals surface area contributed by atoms with Crippen LogP contribution in [0.5, 0.6) is 0 Å². The largest absolute Gasteiger partial charge is 0.416 e. The Morgan fingerprint density at radius 2 is 1.33 bits per heavy atom. The fourth-order valence-electron chi connectivity index (χ4n) is 3.05. The van der Waals surface area contributed by atoms with Crippen LogP contribution in [-0.2, 0) is 12.4 Å². The molecule has 2 rings (SSSR count). The molecule has 0 spiro atoms. The number of benzene rings is 1. The normalized spacial score (nSPS) is 17.7. The van der Waals surface area contributed by atoms with E-state index in [9.17, 15) is 31.1 Å². The van der Waals surface area contributed by atoms with Crippen molar-refractivity contribution in [2.45, 2.75) is 45.1 Å². The van der Waals surface area contributed by atoms with Crippen LogP contribution in [-0.4, -0.2) is 47.4 Å². The number of carbonyl (C=O) groups excluding carboxylic acids is 1. The van der Waals surface area contributed by atoms with Crippen molar-refractivity contribution < 1.29 is 31.1 Å². The average Bonchev–Trinajstić information content (AvgIpc) is 2.78. The fraction of sp³-hybridized carbons (Fsp3) is 0.611. The van der Waals surface area contributed by atoms with E-state index in [1.54, 1.807) is 0 Å². The Balaban J connectivity index is 2.32. The lowest BCUT2D eigenvalue weighted by molar-refractivity contribution is -0.143. The zero-order valence-electron chi connectivity index (χ0n) is 15.3. The van der Waals surface area contributed by atoms with Gasteiger partial charge < -0.3 is 4.90 Å². The molecule has 0 bridgehead atoms. The molecule has 152 valence electrons. The molecule has 1 aromatic carbocycles. The quantitative estimate of drug-likeness (QED) is 0.644. The van der Waals surface area contributed by atoms with Crippen LogP contribution in [0, 0.1) is 0 Å². The summed E-state index contributed by atoms with van der Waals surface area (Å²) < 4.78 is 77.9. The third-order valence-electron chi connectivity index (χ3n) is 4.57. The number of amides is 1. The minimum atomic E-state index is -4.97. The van der Waals surface area contributed by atoms with Crippen molar-refractivity contribution in [3.63, 3.8) is 0 Å². The molecule has 1 amide bonds. The van der Waals surface area contributed by atoms with Crippen molar-refractivity contribution in [1.29, 1.82) is 0 Å². The predicted molar refractivity (Wildman–Crippen MR) is 88.3 cm³/mol. The molecule has 3 nitrogen and oxygen atoms in total.